The van der Waals surface area contributed by atoms with Crippen LogP contribution in [0.5, 0.6) is 0 Å². The first kappa shape index (κ1) is 97.5. The minimum atomic E-state index is -4.99. The van der Waals surface area contributed by atoms with Crippen molar-refractivity contribution in [3.8, 4) is 0 Å². The molecule has 0 aliphatic heterocycles. The highest BCUT2D eigenvalue weighted by molar-refractivity contribution is 7.47. The van der Waals surface area contributed by atoms with Gasteiger partial charge in [-0.2, -0.15) is 0 Å². The van der Waals surface area contributed by atoms with Gasteiger partial charge in [-0.15, -0.1) is 0 Å². The molecule has 0 spiro atoms. The van der Waals surface area contributed by atoms with Crippen LogP contribution < -0.4 is 0 Å². The van der Waals surface area contributed by atoms with Crippen molar-refractivity contribution in [3.63, 3.8) is 0 Å². The van der Waals surface area contributed by atoms with Crippen molar-refractivity contribution in [1.82, 2.24) is 0 Å². The first-order chi connectivity index (χ1) is 49.7. The molecule has 0 radical (unpaired) electrons. The summed E-state index contributed by atoms with van der Waals surface area (Å²) < 4.78 is 68.5. The van der Waals surface area contributed by atoms with E-state index >= 15 is 0 Å². The lowest BCUT2D eigenvalue weighted by Crippen LogP contribution is -2.30. The highest BCUT2D eigenvalue weighted by atomic mass is 31.2. The number of ether oxygens (including phenoxy) is 4. The molecule has 0 aliphatic carbocycles. The first-order valence-corrected chi connectivity index (χ1v) is 42.8. The molecule has 0 aliphatic rings. The summed E-state index contributed by atoms with van der Waals surface area (Å²) in [5, 5.41) is 10.6. The summed E-state index contributed by atoms with van der Waals surface area (Å²) in [5.74, 6) is -2.24. The zero-order chi connectivity index (χ0) is 74.6. The number of allylic oxidation sites excluding steroid dienone is 20. The Hall–Kier alpha value is -4.54. The number of rotatable bonds is 74. The number of hydrogen-bond donors (Lipinski definition) is 3. The van der Waals surface area contributed by atoms with Crippen LogP contribution in [0.1, 0.15) is 323 Å². The summed E-state index contributed by atoms with van der Waals surface area (Å²) in [7, 11) is -9.97. The van der Waals surface area contributed by atoms with Gasteiger partial charge in [0.15, 0.2) is 12.2 Å². The molecule has 3 N–H and O–H groups in total. The smallest absolute Gasteiger partial charge is 0.462 e. The largest absolute Gasteiger partial charge is 0.472 e. The van der Waals surface area contributed by atoms with Crippen LogP contribution in [-0.4, -0.2) is 96.7 Å². The number of aliphatic hydroxyl groups is 1. The summed E-state index contributed by atoms with van der Waals surface area (Å²) in [6.45, 7) is 4.56. The second kappa shape index (κ2) is 74.7. The Bertz CT molecular complexity index is 2410. The van der Waals surface area contributed by atoms with E-state index in [-0.39, 0.29) is 25.7 Å². The van der Waals surface area contributed by atoms with E-state index in [1.54, 1.807) is 0 Å². The van der Waals surface area contributed by atoms with Gasteiger partial charge in [0.2, 0.25) is 0 Å². The normalized spacial score (nSPS) is 14.5. The van der Waals surface area contributed by atoms with Crippen LogP contribution in [0.4, 0.5) is 0 Å². The Kier molecular flexibility index (Phi) is 71.4. The van der Waals surface area contributed by atoms with Gasteiger partial charge in [-0.25, -0.2) is 9.13 Å². The van der Waals surface area contributed by atoms with Crippen molar-refractivity contribution >= 4 is 39.5 Å². The minimum Gasteiger partial charge on any atom is -0.462 e. The van der Waals surface area contributed by atoms with Gasteiger partial charge in [-0.05, 0) is 135 Å². The third-order valence-corrected chi connectivity index (χ3v) is 18.3. The lowest BCUT2D eigenvalue weighted by atomic mass is 10.1. The van der Waals surface area contributed by atoms with Gasteiger partial charge in [0, 0.05) is 25.7 Å². The monoisotopic (exact) mass is 1470 g/mol. The Labute approximate surface area is 619 Å². The minimum absolute atomic E-state index is 0.0782. The molecule has 0 fully saturated rings. The molecule has 5 atom stereocenters. The number of unbranched alkanes of at least 4 members (excludes halogenated alkanes) is 28. The zero-order valence-corrected chi connectivity index (χ0v) is 65.8. The Balaban J connectivity index is 5.37. The van der Waals surface area contributed by atoms with Crippen LogP contribution in [0, 0.1) is 0 Å². The molecule has 0 bridgehead atoms. The van der Waals surface area contributed by atoms with Gasteiger partial charge in [-0.1, -0.05) is 284 Å². The van der Waals surface area contributed by atoms with Gasteiger partial charge in [0.1, 0.15) is 19.3 Å². The van der Waals surface area contributed by atoms with Crippen LogP contribution in [0.2, 0.25) is 0 Å². The molecule has 102 heavy (non-hydrogen) atoms. The molecule has 0 rings (SSSR count). The van der Waals surface area contributed by atoms with E-state index in [1.807, 2.05) is 0 Å². The Morgan fingerprint density at radius 3 is 0.824 bits per heavy atom. The summed E-state index contributed by atoms with van der Waals surface area (Å²) >= 11 is 0. The first-order valence-electron chi connectivity index (χ1n) is 39.8. The predicted octanol–water partition coefficient (Wildman–Crippen LogP) is 23.1. The van der Waals surface area contributed by atoms with Crippen molar-refractivity contribution in [2.24, 2.45) is 0 Å². The number of phosphoric acid groups is 2. The van der Waals surface area contributed by atoms with Crippen molar-refractivity contribution < 1.29 is 80.2 Å². The summed E-state index contributed by atoms with van der Waals surface area (Å²) in [6.07, 6.45) is 81.8. The standard InChI is InChI=1S/C83H142O17P2/c1-5-9-13-17-21-25-29-32-35-37-38-40-42-45-49-52-56-60-64-68-81(86)94-74-79(100-83(88)70-66-62-58-54-50-46-43-39-36-33-30-26-22-18-14-10-6-2)76-98-102(91,92)96-72-77(84)71-95-101(89,90)97-75-78(99-82(87)69-65-61-57-53-47-28-24-20-16-12-8-4)73-93-80(85)67-63-59-55-51-48-44-41-34-31-27-23-19-15-11-7-3/h10-11,14-15,21-23,25-27,32-36,38,40-41,48,51,77-79,84H,5-9,12-13,16-20,24,28-31,37,39,42-47,49-50,52-76H2,1-4H3,(H,89,90)(H,91,92)/b14-10-,15-11-,25-21-,26-22-,27-23-,35-32-,36-33-,40-38-,41-34-,51-48-. The van der Waals surface area contributed by atoms with Gasteiger partial charge in [0.05, 0.1) is 26.4 Å². The highest BCUT2D eigenvalue weighted by Crippen LogP contribution is 2.45. The molecule has 0 heterocycles. The van der Waals surface area contributed by atoms with Crippen molar-refractivity contribution in [1.29, 1.82) is 0 Å². The second-order valence-corrected chi connectivity index (χ2v) is 29.2. The molecule has 0 amide bonds. The van der Waals surface area contributed by atoms with E-state index in [2.05, 4.69) is 149 Å². The Morgan fingerprint density at radius 2 is 0.510 bits per heavy atom. The lowest BCUT2D eigenvalue weighted by molar-refractivity contribution is -0.161. The van der Waals surface area contributed by atoms with Crippen LogP contribution in [0.25, 0.3) is 0 Å². The summed E-state index contributed by atoms with van der Waals surface area (Å²) in [4.78, 5) is 72.9. The number of carbonyl (C=O) groups is 4. The number of aliphatic hydroxyl groups excluding tert-OH is 1. The maximum Gasteiger partial charge on any atom is 0.472 e. The van der Waals surface area contributed by atoms with Gasteiger partial charge in [-0.3, -0.25) is 37.3 Å². The maximum absolute atomic E-state index is 13.1. The van der Waals surface area contributed by atoms with Gasteiger partial charge in [0.25, 0.3) is 0 Å². The quantitative estimate of drug-likeness (QED) is 0.0169. The topological polar surface area (TPSA) is 237 Å². The molecule has 19 heteroatoms. The molecular weight excluding hydrogens is 1330 g/mol. The van der Waals surface area contributed by atoms with Crippen LogP contribution in [0.3, 0.4) is 0 Å². The van der Waals surface area contributed by atoms with E-state index < -0.39 is 97.5 Å². The fraction of sp³-hybridized carbons (Fsp3) is 0.711. The van der Waals surface area contributed by atoms with Crippen LogP contribution >= 0.6 is 15.6 Å². The van der Waals surface area contributed by atoms with Crippen molar-refractivity contribution in [2.45, 2.75) is 341 Å². The van der Waals surface area contributed by atoms with Crippen LogP contribution in [-0.2, 0) is 65.4 Å². The average Bonchev–Trinajstić information content (AvgIpc) is 0.934. The molecule has 586 valence electrons. The van der Waals surface area contributed by atoms with E-state index in [1.165, 1.54) is 57.8 Å². The number of esters is 4. The fourth-order valence-electron chi connectivity index (χ4n) is 10.4. The second-order valence-electron chi connectivity index (χ2n) is 26.2. The number of hydrogen-bond acceptors (Lipinski definition) is 15. The van der Waals surface area contributed by atoms with Crippen molar-refractivity contribution in [3.05, 3.63) is 122 Å². The van der Waals surface area contributed by atoms with E-state index in [4.69, 9.17) is 37.0 Å². The third kappa shape index (κ3) is 73.8. The van der Waals surface area contributed by atoms with Crippen molar-refractivity contribution in [2.75, 3.05) is 39.6 Å². The lowest BCUT2D eigenvalue weighted by Gasteiger charge is -2.21. The summed E-state index contributed by atoms with van der Waals surface area (Å²) in [6, 6.07) is 0. The van der Waals surface area contributed by atoms with E-state index in [0.29, 0.717) is 25.7 Å². The molecular formula is C83H142O17P2. The SMILES string of the molecule is CC/C=C\C/C=C\C/C=C\C/C=C\CCCCC(=O)OCC(COP(=O)(O)OCC(O)COP(=O)(O)OCC(COC(=O)CCCCCCCC/C=C\C/C=C\C/C=C\CCCCC)OC(=O)CCCCCCCCC/C=C\C/C=C\C/C=C\CC)OC(=O)CCCCCCCCCCCCC. The number of phosphoric ester groups is 2. The van der Waals surface area contributed by atoms with Gasteiger partial charge >= 0.3 is 39.5 Å². The molecule has 0 saturated heterocycles. The van der Waals surface area contributed by atoms with Gasteiger partial charge < -0.3 is 33.8 Å². The molecule has 17 nitrogen and oxygen atoms in total. The number of carbonyl (C=O) groups excluding carboxylic acids is 4. The molecule has 5 unspecified atom stereocenters. The molecule has 0 saturated carbocycles. The highest BCUT2D eigenvalue weighted by Gasteiger charge is 2.30. The predicted molar refractivity (Wildman–Crippen MR) is 418 cm³/mol. The maximum atomic E-state index is 13.1. The molecule has 0 aromatic carbocycles. The fourth-order valence-corrected chi connectivity index (χ4v) is 12.0. The molecule has 0 aromatic heterocycles. The van der Waals surface area contributed by atoms with Crippen LogP contribution in [0.15, 0.2) is 122 Å². The third-order valence-electron chi connectivity index (χ3n) is 16.4. The Morgan fingerprint density at radius 1 is 0.284 bits per heavy atom. The summed E-state index contributed by atoms with van der Waals surface area (Å²) in [5.41, 5.74) is 0. The average molecular weight is 1470 g/mol. The van der Waals surface area contributed by atoms with E-state index in [0.717, 1.165) is 186 Å². The van der Waals surface area contributed by atoms with E-state index in [9.17, 15) is 43.2 Å². The molecule has 0 aromatic rings. The zero-order valence-electron chi connectivity index (χ0n) is 64.0.